The van der Waals surface area contributed by atoms with E-state index in [0.29, 0.717) is 18.2 Å². The van der Waals surface area contributed by atoms with Crippen LogP contribution in [-0.2, 0) is 4.79 Å². The van der Waals surface area contributed by atoms with E-state index >= 15 is 0 Å². The van der Waals surface area contributed by atoms with Crippen LogP contribution in [-0.4, -0.2) is 23.9 Å². The molecule has 1 saturated heterocycles. The molecular formula is C15H20ClNO. The molecule has 0 N–H and O–H groups in total. The normalized spacial score (nSPS) is 16.9. The molecule has 0 aromatic heterocycles. The Balaban J connectivity index is 1.90. The Hall–Kier alpha value is -1.02. The lowest BCUT2D eigenvalue weighted by Gasteiger charge is -2.32. The predicted molar refractivity (Wildman–Crippen MR) is 74.9 cm³/mol. The highest BCUT2D eigenvalue weighted by Crippen LogP contribution is 2.29. The number of likely N-dealkylation sites (tertiary alicyclic amines) is 1. The first-order valence-electron chi connectivity index (χ1n) is 6.74. The number of rotatable bonds is 3. The lowest BCUT2D eigenvalue weighted by Crippen LogP contribution is -2.37. The second-order valence-corrected chi connectivity index (χ2v) is 5.39. The summed E-state index contributed by atoms with van der Waals surface area (Å²) < 4.78 is 0. The Kier molecular flexibility index (Phi) is 4.65. The Morgan fingerprint density at radius 3 is 2.44 bits per heavy atom. The fourth-order valence-electron chi connectivity index (χ4n) is 2.57. The van der Waals surface area contributed by atoms with Crippen molar-refractivity contribution in [2.24, 2.45) is 0 Å². The number of hydrogen-bond donors (Lipinski definition) is 0. The molecule has 1 aromatic rings. The minimum absolute atomic E-state index is 0.312. The maximum absolute atomic E-state index is 11.8. The molecule has 0 atom stereocenters. The molecule has 0 radical (unpaired) electrons. The van der Waals surface area contributed by atoms with Gasteiger partial charge >= 0.3 is 0 Å². The van der Waals surface area contributed by atoms with Crippen molar-refractivity contribution in [1.29, 1.82) is 0 Å². The van der Waals surface area contributed by atoms with E-state index in [0.717, 1.165) is 37.4 Å². The first-order valence-corrected chi connectivity index (χ1v) is 7.11. The molecule has 1 aliphatic heterocycles. The van der Waals surface area contributed by atoms with Gasteiger partial charge in [0, 0.05) is 24.5 Å². The molecule has 3 heteroatoms. The fraction of sp³-hybridized carbons (Fsp3) is 0.533. The van der Waals surface area contributed by atoms with Gasteiger partial charge in [0.15, 0.2) is 0 Å². The largest absolute Gasteiger partial charge is 0.343 e. The van der Waals surface area contributed by atoms with Crippen LogP contribution in [0.3, 0.4) is 0 Å². The Morgan fingerprint density at radius 1 is 1.28 bits per heavy atom. The van der Waals surface area contributed by atoms with Gasteiger partial charge in [0.2, 0.25) is 5.91 Å². The summed E-state index contributed by atoms with van der Waals surface area (Å²) in [6, 6.07) is 8.12. The zero-order valence-corrected chi connectivity index (χ0v) is 11.6. The molecule has 1 fully saturated rings. The van der Waals surface area contributed by atoms with Gasteiger partial charge in [-0.15, -0.1) is 0 Å². The monoisotopic (exact) mass is 265 g/mol. The van der Waals surface area contributed by atoms with Gasteiger partial charge < -0.3 is 4.90 Å². The molecule has 1 aromatic carbocycles. The highest BCUT2D eigenvalue weighted by atomic mass is 35.5. The molecule has 2 rings (SSSR count). The molecule has 98 valence electrons. The van der Waals surface area contributed by atoms with Crippen molar-refractivity contribution >= 4 is 17.5 Å². The van der Waals surface area contributed by atoms with Crippen LogP contribution in [0, 0.1) is 0 Å². The molecular weight excluding hydrogens is 246 g/mol. The highest BCUT2D eigenvalue weighted by Gasteiger charge is 2.22. The average Bonchev–Trinajstić information content (AvgIpc) is 2.40. The first kappa shape index (κ1) is 13.4. The predicted octanol–water partition coefficient (Wildman–Crippen LogP) is 3.85. The van der Waals surface area contributed by atoms with E-state index in [4.69, 9.17) is 11.6 Å². The van der Waals surface area contributed by atoms with Crippen molar-refractivity contribution in [3.05, 3.63) is 34.9 Å². The minimum Gasteiger partial charge on any atom is -0.343 e. The molecule has 0 aliphatic carbocycles. The summed E-state index contributed by atoms with van der Waals surface area (Å²) in [7, 11) is 0. The number of carbonyl (C=O) groups excluding carboxylic acids is 1. The van der Waals surface area contributed by atoms with E-state index < -0.39 is 0 Å². The van der Waals surface area contributed by atoms with E-state index in [1.54, 1.807) is 0 Å². The summed E-state index contributed by atoms with van der Waals surface area (Å²) in [6.45, 7) is 3.84. The van der Waals surface area contributed by atoms with Crippen molar-refractivity contribution in [3.8, 4) is 0 Å². The van der Waals surface area contributed by atoms with Gasteiger partial charge in [-0.2, -0.15) is 0 Å². The summed E-state index contributed by atoms with van der Waals surface area (Å²) in [6.07, 6.45) is 3.76. The number of hydrogen-bond acceptors (Lipinski definition) is 1. The van der Waals surface area contributed by atoms with Gasteiger partial charge in [0.05, 0.1) is 0 Å². The lowest BCUT2D eigenvalue weighted by molar-refractivity contribution is -0.132. The summed E-state index contributed by atoms with van der Waals surface area (Å²) in [5, 5.41) is 0.786. The van der Waals surface area contributed by atoms with Crippen LogP contribution in [0.2, 0.25) is 5.02 Å². The quantitative estimate of drug-likeness (QED) is 0.813. The molecule has 0 spiro atoms. The van der Waals surface area contributed by atoms with Crippen molar-refractivity contribution in [1.82, 2.24) is 4.90 Å². The van der Waals surface area contributed by atoms with Crippen LogP contribution in [0.25, 0.3) is 0 Å². The summed E-state index contributed by atoms with van der Waals surface area (Å²) >= 11 is 5.90. The van der Waals surface area contributed by atoms with E-state index in [-0.39, 0.29) is 0 Å². The van der Waals surface area contributed by atoms with Gasteiger partial charge in [-0.05, 0) is 42.9 Å². The Bertz CT molecular complexity index is 393. The third kappa shape index (κ3) is 3.26. The summed E-state index contributed by atoms with van der Waals surface area (Å²) in [4.78, 5) is 13.8. The summed E-state index contributed by atoms with van der Waals surface area (Å²) in [5.41, 5.74) is 1.35. The van der Waals surface area contributed by atoms with Crippen molar-refractivity contribution < 1.29 is 4.79 Å². The number of halogens is 1. The first-order chi connectivity index (χ1) is 8.70. The van der Waals surface area contributed by atoms with E-state index in [9.17, 15) is 4.79 Å². The van der Waals surface area contributed by atoms with E-state index in [2.05, 4.69) is 19.1 Å². The SMILES string of the molecule is CCCC(=O)N1CCC(c2ccc(Cl)cc2)CC1. The second kappa shape index (κ2) is 6.24. The van der Waals surface area contributed by atoms with Crippen molar-refractivity contribution in [3.63, 3.8) is 0 Å². The Labute approximate surface area is 114 Å². The minimum atomic E-state index is 0.312. The number of nitrogens with zero attached hydrogens (tertiary/aromatic N) is 1. The number of carbonyl (C=O) groups is 1. The van der Waals surface area contributed by atoms with Crippen LogP contribution >= 0.6 is 11.6 Å². The Morgan fingerprint density at radius 2 is 1.89 bits per heavy atom. The standard InChI is InChI=1S/C15H20ClNO/c1-2-3-15(18)17-10-8-13(9-11-17)12-4-6-14(16)7-5-12/h4-7,13H,2-3,8-11H2,1H3. The molecule has 0 unspecified atom stereocenters. The maximum Gasteiger partial charge on any atom is 0.222 e. The molecule has 1 heterocycles. The molecule has 0 bridgehead atoms. The van der Waals surface area contributed by atoms with Crippen molar-refractivity contribution in [2.45, 2.75) is 38.5 Å². The van der Waals surface area contributed by atoms with Gasteiger partial charge in [-0.25, -0.2) is 0 Å². The number of piperidine rings is 1. The van der Waals surface area contributed by atoms with Crippen LogP contribution in [0.5, 0.6) is 0 Å². The van der Waals surface area contributed by atoms with Gasteiger partial charge in [0.1, 0.15) is 0 Å². The van der Waals surface area contributed by atoms with Gasteiger partial charge in [-0.1, -0.05) is 30.7 Å². The lowest BCUT2D eigenvalue weighted by atomic mass is 9.89. The third-order valence-corrected chi connectivity index (χ3v) is 3.90. The van der Waals surface area contributed by atoms with E-state index in [1.165, 1.54) is 5.56 Å². The van der Waals surface area contributed by atoms with Crippen LogP contribution in [0.1, 0.15) is 44.1 Å². The molecule has 1 amide bonds. The fourth-order valence-corrected chi connectivity index (χ4v) is 2.70. The van der Waals surface area contributed by atoms with Crippen molar-refractivity contribution in [2.75, 3.05) is 13.1 Å². The van der Waals surface area contributed by atoms with Gasteiger partial charge in [0.25, 0.3) is 0 Å². The van der Waals surface area contributed by atoms with Gasteiger partial charge in [-0.3, -0.25) is 4.79 Å². The third-order valence-electron chi connectivity index (χ3n) is 3.65. The number of benzene rings is 1. The molecule has 2 nitrogen and oxygen atoms in total. The zero-order chi connectivity index (χ0) is 13.0. The highest BCUT2D eigenvalue weighted by molar-refractivity contribution is 6.30. The van der Waals surface area contributed by atoms with Crippen LogP contribution in [0.15, 0.2) is 24.3 Å². The molecule has 0 saturated carbocycles. The van der Waals surface area contributed by atoms with E-state index in [1.807, 2.05) is 17.0 Å². The summed E-state index contributed by atoms with van der Waals surface area (Å²) in [5.74, 6) is 0.889. The topological polar surface area (TPSA) is 20.3 Å². The average molecular weight is 266 g/mol. The number of amides is 1. The van der Waals surface area contributed by atoms with Crippen LogP contribution in [0.4, 0.5) is 0 Å². The molecule has 1 aliphatic rings. The zero-order valence-electron chi connectivity index (χ0n) is 10.9. The molecule has 18 heavy (non-hydrogen) atoms. The maximum atomic E-state index is 11.8. The van der Waals surface area contributed by atoms with Crippen LogP contribution < -0.4 is 0 Å². The smallest absolute Gasteiger partial charge is 0.222 e. The second-order valence-electron chi connectivity index (χ2n) is 4.96.